The van der Waals surface area contributed by atoms with Crippen molar-refractivity contribution in [3.05, 3.63) is 51.6 Å². The van der Waals surface area contributed by atoms with Gasteiger partial charge in [-0.2, -0.15) is 0 Å². The van der Waals surface area contributed by atoms with Gasteiger partial charge in [0.2, 0.25) is 0 Å². The SMILES string of the molecule is CC1(c2nc(NC(=O)c3ncc(Cl)cc3Cl)ccc2F)CS2=NCCCC2(C)C(N)=N1. The highest BCUT2D eigenvalue weighted by Crippen LogP contribution is 2.39. The van der Waals surface area contributed by atoms with Gasteiger partial charge < -0.3 is 11.1 Å². The average molecular weight is 483 g/mol. The molecule has 164 valence electrons. The minimum Gasteiger partial charge on any atom is -0.386 e. The Morgan fingerprint density at radius 1 is 1.32 bits per heavy atom. The van der Waals surface area contributed by atoms with E-state index < -0.39 is 28.0 Å². The van der Waals surface area contributed by atoms with Crippen LogP contribution in [-0.4, -0.2) is 38.8 Å². The van der Waals surface area contributed by atoms with Gasteiger partial charge in [-0.25, -0.2) is 14.4 Å². The number of nitrogens with two attached hydrogens (primary N) is 1. The number of nitrogens with one attached hydrogen (secondary N) is 1. The molecule has 0 spiro atoms. The molecule has 0 fully saturated rings. The molecule has 3 atom stereocenters. The van der Waals surface area contributed by atoms with Gasteiger partial charge in [0.05, 0.1) is 14.8 Å². The van der Waals surface area contributed by atoms with Crippen LogP contribution in [0, 0.1) is 5.82 Å². The second-order valence-electron chi connectivity index (χ2n) is 7.93. The summed E-state index contributed by atoms with van der Waals surface area (Å²) in [5.41, 5.74) is 5.46. The monoisotopic (exact) mass is 482 g/mol. The maximum absolute atomic E-state index is 14.9. The molecule has 2 aliphatic heterocycles. The van der Waals surface area contributed by atoms with E-state index >= 15 is 0 Å². The molecule has 0 saturated heterocycles. The van der Waals surface area contributed by atoms with Crippen LogP contribution in [0.2, 0.25) is 10.0 Å². The van der Waals surface area contributed by atoms with Crippen molar-refractivity contribution in [1.29, 1.82) is 0 Å². The van der Waals surface area contributed by atoms with Gasteiger partial charge in [0.25, 0.3) is 5.91 Å². The molecule has 4 heterocycles. The zero-order chi connectivity index (χ0) is 22.4. The van der Waals surface area contributed by atoms with Crippen LogP contribution in [0.25, 0.3) is 0 Å². The van der Waals surface area contributed by atoms with Crippen molar-refractivity contribution in [2.75, 3.05) is 17.6 Å². The normalized spacial score (nSPS) is 27.6. The summed E-state index contributed by atoms with van der Waals surface area (Å²) >= 11 is 11.9. The quantitative estimate of drug-likeness (QED) is 0.685. The number of nitrogens with zero attached hydrogens (tertiary/aromatic N) is 4. The van der Waals surface area contributed by atoms with Gasteiger partial charge in [-0.1, -0.05) is 33.9 Å². The molecule has 0 radical (unpaired) electrons. The number of amidine groups is 1. The second kappa shape index (κ2) is 8.11. The summed E-state index contributed by atoms with van der Waals surface area (Å²) in [6.45, 7) is 4.63. The van der Waals surface area contributed by atoms with E-state index in [2.05, 4.69) is 27.2 Å². The van der Waals surface area contributed by atoms with Crippen molar-refractivity contribution in [1.82, 2.24) is 9.97 Å². The van der Waals surface area contributed by atoms with Crippen LogP contribution in [0.1, 0.15) is 42.9 Å². The van der Waals surface area contributed by atoms with E-state index in [1.54, 1.807) is 6.92 Å². The molecule has 1 amide bonds. The van der Waals surface area contributed by atoms with Crippen LogP contribution >= 0.6 is 23.2 Å². The number of aromatic nitrogens is 2. The molecule has 0 aromatic carbocycles. The van der Waals surface area contributed by atoms with E-state index in [9.17, 15) is 9.18 Å². The zero-order valence-electron chi connectivity index (χ0n) is 17.0. The summed E-state index contributed by atoms with van der Waals surface area (Å²) in [4.78, 5) is 25.6. The Hall–Kier alpha value is -2.10. The highest BCUT2D eigenvalue weighted by atomic mass is 35.5. The van der Waals surface area contributed by atoms with Crippen LogP contribution in [0.4, 0.5) is 10.2 Å². The van der Waals surface area contributed by atoms with Crippen LogP contribution in [0.5, 0.6) is 0 Å². The maximum atomic E-state index is 14.9. The molecule has 0 saturated carbocycles. The third-order valence-electron chi connectivity index (χ3n) is 5.53. The van der Waals surface area contributed by atoms with Crippen molar-refractivity contribution in [3.63, 3.8) is 0 Å². The van der Waals surface area contributed by atoms with Crippen LogP contribution in [0.15, 0.2) is 33.8 Å². The Kier molecular flexibility index (Phi) is 5.78. The number of anilines is 1. The minimum absolute atomic E-state index is 0.0110. The summed E-state index contributed by atoms with van der Waals surface area (Å²) in [7, 11) is -0.394. The molecule has 0 bridgehead atoms. The molecule has 0 aliphatic carbocycles. The van der Waals surface area contributed by atoms with Gasteiger partial charge in [0.1, 0.15) is 34.4 Å². The van der Waals surface area contributed by atoms with Crippen LogP contribution in [0.3, 0.4) is 0 Å². The number of pyridine rings is 2. The lowest BCUT2D eigenvalue weighted by Gasteiger charge is -2.43. The number of carbonyl (C=O) groups excluding carboxylic acids is 1. The topological polar surface area (TPSA) is 106 Å². The molecule has 4 rings (SSSR count). The number of aliphatic imine (C=N–C) groups is 1. The highest BCUT2D eigenvalue weighted by molar-refractivity contribution is 7.89. The van der Waals surface area contributed by atoms with Gasteiger partial charge in [0, 0.05) is 18.5 Å². The molecule has 2 aromatic heterocycles. The Bertz CT molecular complexity index is 1140. The van der Waals surface area contributed by atoms with E-state index in [0.717, 1.165) is 19.4 Å². The Morgan fingerprint density at radius 3 is 2.84 bits per heavy atom. The lowest BCUT2D eigenvalue weighted by Crippen LogP contribution is -2.55. The number of halogens is 3. The van der Waals surface area contributed by atoms with E-state index in [4.69, 9.17) is 33.3 Å². The molecule has 11 heteroatoms. The molecular formula is C20H21Cl2FN6OS. The standard InChI is InChI=1S/C20H21Cl2FN6OS/c1-19(10-31-20(2,18(24)29-19)6-3-7-26-31)16-13(23)4-5-14(27-16)28-17(30)15-12(22)8-11(21)9-25-15/h4-5,8-9H,3,6-7,10H2,1-2H3,(H2,24,29)(H,27,28,30). The van der Waals surface area contributed by atoms with Crippen molar-refractivity contribution < 1.29 is 9.18 Å². The molecule has 31 heavy (non-hydrogen) atoms. The first-order valence-corrected chi connectivity index (χ1v) is 11.8. The zero-order valence-corrected chi connectivity index (χ0v) is 19.3. The summed E-state index contributed by atoms with van der Waals surface area (Å²) < 4.78 is 19.3. The fraction of sp³-hybridized carbons (Fsp3) is 0.400. The fourth-order valence-electron chi connectivity index (χ4n) is 3.76. The number of fused-ring (bicyclic) bond motifs is 1. The van der Waals surface area contributed by atoms with Crippen molar-refractivity contribution >= 4 is 51.5 Å². The largest absolute Gasteiger partial charge is 0.386 e. The van der Waals surface area contributed by atoms with E-state index in [0.29, 0.717) is 16.6 Å². The maximum Gasteiger partial charge on any atom is 0.276 e. The Morgan fingerprint density at radius 2 is 2.10 bits per heavy atom. The van der Waals surface area contributed by atoms with Crippen LogP contribution < -0.4 is 11.1 Å². The van der Waals surface area contributed by atoms with Crippen molar-refractivity contribution in [2.24, 2.45) is 15.1 Å². The molecule has 3 N–H and O–H groups in total. The summed E-state index contributed by atoms with van der Waals surface area (Å²) in [6.07, 6.45) is 3.19. The lowest BCUT2D eigenvalue weighted by atomic mass is 9.96. The number of rotatable bonds is 3. The molecular weight excluding hydrogens is 462 g/mol. The Labute approximate surface area is 191 Å². The fourth-order valence-corrected chi connectivity index (χ4v) is 6.67. The van der Waals surface area contributed by atoms with Gasteiger partial charge in [-0.15, -0.1) is 0 Å². The summed E-state index contributed by atoms with van der Waals surface area (Å²) in [6, 6.07) is 4.04. The van der Waals surface area contributed by atoms with Crippen LogP contribution in [-0.2, 0) is 16.2 Å². The lowest BCUT2D eigenvalue weighted by molar-refractivity contribution is 0.102. The van der Waals surface area contributed by atoms with Crippen molar-refractivity contribution in [2.45, 2.75) is 37.0 Å². The third-order valence-corrected chi connectivity index (χ3v) is 8.80. The number of amides is 1. The first kappa shape index (κ1) is 22.1. The average Bonchev–Trinajstić information content (AvgIpc) is 2.70. The Balaban J connectivity index is 1.68. The molecule has 2 aliphatic rings. The second-order valence-corrected chi connectivity index (χ2v) is 11.0. The van der Waals surface area contributed by atoms with E-state index in [1.165, 1.54) is 24.4 Å². The third kappa shape index (κ3) is 4.06. The van der Waals surface area contributed by atoms with E-state index in [-0.39, 0.29) is 27.0 Å². The van der Waals surface area contributed by atoms with Gasteiger partial charge >= 0.3 is 0 Å². The van der Waals surface area contributed by atoms with Crippen molar-refractivity contribution in [3.8, 4) is 0 Å². The number of hydrogen-bond acceptors (Lipinski definition) is 6. The highest BCUT2D eigenvalue weighted by Gasteiger charge is 2.46. The smallest absolute Gasteiger partial charge is 0.276 e. The van der Waals surface area contributed by atoms with E-state index in [1.807, 2.05) is 0 Å². The number of carbonyl (C=O) groups is 1. The minimum atomic E-state index is -0.992. The molecule has 2 aromatic rings. The first-order chi connectivity index (χ1) is 14.6. The summed E-state index contributed by atoms with van der Waals surface area (Å²) in [5, 5.41) is 3.02. The molecule has 3 unspecified atom stereocenters. The first-order valence-electron chi connectivity index (χ1n) is 9.66. The van der Waals surface area contributed by atoms with Gasteiger partial charge in [0.15, 0.2) is 0 Å². The van der Waals surface area contributed by atoms with Gasteiger partial charge in [-0.05, 0) is 44.9 Å². The predicted octanol–water partition coefficient (Wildman–Crippen LogP) is 4.12. The summed E-state index contributed by atoms with van der Waals surface area (Å²) in [5.74, 6) is 0.0299. The van der Waals surface area contributed by atoms with Gasteiger partial charge in [-0.3, -0.25) is 14.1 Å². The molecule has 7 nitrogen and oxygen atoms in total. The predicted molar refractivity (Wildman–Crippen MR) is 123 cm³/mol. The number of hydrogen-bond donors (Lipinski definition) is 2.